The number of pyridine rings is 1. The van der Waals surface area contributed by atoms with Gasteiger partial charge < -0.3 is 45.3 Å². The number of ether oxygens (including phenoxy) is 1. The number of thioether (sulfide) groups is 1. The molecule has 3 fully saturated rings. The second-order valence-electron chi connectivity index (χ2n) is 13.2. The highest BCUT2D eigenvalue weighted by Gasteiger charge is 2.56. The van der Waals surface area contributed by atoms with Crippen molar-refractivity contribution in [2.24, 2.45) is 5.16 Å². The van der Waals surface area contributed by atoms with Gasteiger partial charge in [0.05, 0.1) is 38.9 Å². The number of nitrogen functional groups attached to an aromatic ring is 1. The minimum atomic E-state index is -1.78. The minimum Gasteiger partial charge on any atom is -0.503 e. The van der Waals surface area contributed by atoms with Gasteiger partial charge in [-0.2, -0.15) is 0 Å². The van der Waals surface area contributed by atoms with Gasteiger partial charge in [-0.15, -0.1) is 23.1 Å². The van der Waals surface area contributed by atoms with Gasteiger partial charge in [0.2, 0.25) is 5.60 Å². The zero-order valence-corrected chi connectivity index (χ0v) is 29.5. The second kappa shape index (κ2) is 13.6. The van der Waals surface area contributed by atoms with E-state index in [1.165, 1.54) is 55.3 Å². The van der Waals surface area contributed by atoms with E-state index in [-0.39, 0.29) is 39.7 Å². The predicted molar refractivity (Wildman–Crippen MR) is 181 cm³/mol. The number of fused-ring (bicyclic) bond motifs is 2. The first-order valence-corrected chi connectivity index (χ1v) is 17.9. The molecular weight excluding hydrogens is 709 g/mol. The number of hydrogen-bond donors (Lipinski definition) is 5. The molecule has 0 radical (unpaired) electrons. The first-order chi connectivity index (χ1) is 24.2. The molecule has 272 valence electrons. The summed E-state index contributed by atoms with van der Waals surface area (Å²) >= 11 is 2.41. The van der Waals surface area contributed by atoms with Gasteiger partial charge in [-0.3, -0.25) is 19.3 Å². The average molecular weight is 746 g/mol. The normalized spacial score (nSPS) is 24.7. The highest BCUT2D eigenvalue weighted by Crippen LogP contribution is 2.43. The number of carbonyl (C=O) groups excluding carboxylic acids is 4. The van der Waals surface area contributed by atoms with E-state index in [0.717, 1.165) is 36.3 Å². The molecule has 2 aromatic heterocycles. The number of aromatic hydroxyl groups is 2. The Balaban J connectivity index is 1.19. The van der Waals surface area contributed by atoms with Gasteiger partial charge in [-0.1, -0.05) is 5.16 Å². The number of quaternary nitrogens is 1. The van der Waals surface area contributed by atoms with Gasteiger partial charge in [0.1, 0.15) is 35.4 Å². The van der Waals surface area contributed by atoms with Crippen molar-refractivity contribution >= 4 is 63.6 Å². The Morgan fingerprint density at radius 2 is 2.00 bits per heavy atom. The van der Waals surface area contributed by atoms with Crippen LogP contribution < -0.4 is 11.1 Å². The molecule has 6 N–H and O–H groups in total. The van der Waals surface area contributed by atoms with E-state index in [4.69, 9.17) is 15.3 Å². The number of esters is 1. The number of piperazine rings is 1. The molecular formula is C31H37N8O10S2+. The third-order valence-electron chi connectivity index (χ3n) is 9.62. The maximum Gasteiger partial charge on any atom is 0.355 e. The lowest BCUT2D eigenvalue weighted by molar-refractivity contribution is -0.938. The zero-order valence-electron chi connectivity index (χ0n) is 27.9. The molecule has 0 aliphatic carbocycles. The minimum absolute atomic E-state index is 0.0299. The molecule has 6 heterocycles. The predicted octanol–water partition coefficient (Wildman–Crippen LogP) is 0.0776. The van der Waals surface area contributed by atoms with Crippen LogP contribution in [-0.2, 0) is 28.8 Å². The second-order valence-corrected chi connectivity index (χ2v) is 15.2. The summed E-state index contributed by atoms with van der Waals surface area (Å²) in [6.07, 6.45) is 2.98. The summed E-state index contributed by atoms with van der Waals surface area (Å²) in [6.45, 7) is 5.23. The lowest BCUT2D eigenvalue weighted by Crippen LogP contribution is -2.71. The Kier molecular flexibility index (Phi) is 9.59. The highest BCUT2D eigenvalue weighted by atomic mass is 32.2. The van der Waals surface area contributed by atoms with Crippen LogP contribution in [0, 0.1) is 0 Å². The number of β-lactam (4-membered cyclic amide) rings is 1. The Morgan fingerprint density at radius 3 is 2.67 bits per heavy atom. The van der Waals surface area contributed by atoms with Crippen molar-refractivity contribution in [2.45, 2.75) is 49.7 Å². The number of oxime groups is 1. The van der Waals surface area contributed by atoms with E-state index in [9.17, 15) is 39.3 Å². The van der Waals surface area contributed by atoms with Crippen LogP contribution in [0.15, 0.2) is 34.1 Å². The number of nitrogens with one attached hydrogen (secondary N) is 1. The summed E-state index contributed by atoms with van der Waals surface area (Å²) in [5, 5.41) is 36.2. The van der Waals surface area contributed by atoms with E-state index in [0.29, 0.717) is 36.4 Å². The van der Waals surface area contributed by atoms with Gasteiger partial charge in [0.15, 0.2) is 16.6 Å². The number of hydrogen-bond acceptors (Lipinski definition) is 15. The fourth-order valence-corrected chi connectivity index (χ4v) is 8.70. The molecule has 2 aromatic rings. The Bertz CT molecular complexity index is 1860. The topological polar surface area (TPSA) is 247 Å². The summed E-state index contributed by atoms with van der Waals surface area (Å²) < 4.78 is 5.76. The van der Waals surface area contributed by atoms with E-state index in [1.807, 2.05) is 0 Å². The Labute approximate surface area is 299 Å². The summed E-state index contributed by atoms with van der Waals surface area (Å²) in [5.74, 6) is -4.36. The van der Waals surface area contributed by atoms with Crippen LogP contribution in [0.25, 0.3) is 0 Å². The molecule has 6 rings (SSSR count). The molecule has 20 heteroatoms. The van der Waals surface area contributed by atoms with Crippen LogP contribution in [0.2, 0.25) is 0 Å². The number of amides is 3. The number of carboxylic acid groups (broad SMARTS) is 1. The number of aliphatic carboxylic acids is 1. The molecule has 4 aliphatic heterocycles. The number of rotatable bonds is 10. The van der Waals surface area contributed by atoms with Gasteiger partial charge in [-0.25, -0.2) is 19.6 Å². The summed E-state index contributed by atoms with van der Waals surface area (Å²) in [4.78, 5) is 81.3. The Hall–Kier alpha value is -4.95. The van der Waals surface area contributed by atoms with Gasteiger partial charge in [-0.05, 0) is 19.9 Å². The number of carbonyl (C=O) groups is 5. The average Bonchev–Trinajstić information content (AvgIpc) is 3.72. The van der Waals surface area contributed by atoms with Crippen molar-refractivity contribution in [1.29, 1.82) is 0 Å². The summed E-state index contributed by atoms with van der Waals surface area (Å²) in [6, 6.07) is 0.197. The van der Waals surface area contributed by atoms with Crippen molar-refractivity contribution in [1.82, 2.24) is 25.1 Å². The van der Waals surface area contributed by atoms with Crippen LogP contribution in [-0.4, -0.2) is 144 Å². The van der Waals surface area contributed by atoms with Crippen molar-refractivity contribution in [3.05, 3.63) is 40.2 Å². The van der Waals surface area contributed by atoms with Crippen molar-refractivity contribution in [2.75, 3.05) is 51.3 Å². The summed E-state index contributed by atoms with van der Waals surface area (Å²) in [7, 11) is 1.24. The molecule has 0 saturated carbocycles. The first-order valence-electron chi connectivity index (χ1n) is 16.0. The molecule has 4 aliphatic rings. The fraction of sp³-hybridized carbons (Fsp3) is 0.484. The standard InChI is InChI=1S/C31H36N8O10S2/c1-31(2,29(46)47)49-36-20(18-14-51-30(32)34-18)24(42)35-21-26(44)38-22(28(45)48-3)16(13-50-27(21)38)12-39-7-4-5-17(39)11-37(6-8-39)25(43)15-9-19(40)23(41)33-10-15/h9-10,14,17,21,27H,4-8,11-13H2,1-3H3,(H5-,32,33,34,35,36,40,41,42,43,46,47)/p+1/t17-,21+,27+,39?/m0/s1. The Morgan fingerprint density at radius 1 is 1.24 bits per heavy atom. The molecule has 3 amide bonds. The number of carboxylic acids is 1. The van der Waals surface area contributed by atoms with Crippen LogP contribution in [0.1, 0.15) is 42.7 Å². The van der Waals surface area contributed by atoms with Gasteiger partial charge >= 0.3 is 11.9 Å². The van der Waals surface area contributed by atoms with Gasteiger partial charge in [0, 0.05) is 35.7 Å². The summed E-state index contributed by atoms with van der Waals surface area (Å²) in [5.41, 5.74) is 4.66. The van der Waals surface area contributed by atoms with Crippen molar-refractivity contribution in [3.8, 4) is 11.6 Å². The van der Waals surface area contributed by atoms with Crippen LogP contribution in [0.5, 0.6) is 11.6 Å². The monoisotopic (exact) mass is 745 g/mol. The van der Waals surface area contributed by atoms with E-state index in [1.54, 1.807) is 4.90 Å². The smallest absolute Gasteiger partial charge is 0.355 e. The third kappa shape index (κ3) is 6.65. The number of anilines is 1. The zero-order chi connectivity index (χ0) is 36.8. The van der Waals surface area contributed by atoms with Crippen LogP contribution in [0.4, 0.5) is 5.13 Å². The molecule has 51 heavy (non-hydrogen) atoms. The molecule has 0 aromatic carbocycles. The maximum absolute atomic E-state index is 13.7. The molecule has 1 unspecified atom stereocenters. The van der Waals surface area contributed by atoms with Crippen molar-refractivity contribution < 1.29 is 53.3 Å². The highest BCUT2D eigenvalue weighted by molar-refractivity contribution is 8.00. The number of aromatic nitrogens is 2. The van der Waals surface area contributed by atoms with E-state index in [2.05, 4.69) is 20.4 Å². The quantitative estimate of drug-likeness (QED) is 0.0711. The fourth-order valence-electron chi connectivity index (χ4n) is 6.82. The number of nitrogens with zero attached hydrogens (tertiary/aromatic N) is 6. The first kappa shape index (κ1) is 35.9. The maximum atomic E-state index is 13.7. The van der Waals surface area contributed by atoms with Crippen LogP contribution in [0.3, 0.4) is 0 Å². The molecule has 0 spiro atoms. The lowest BCUT2D eigenvalue weighted by atomic mass is 10.0. The van der Waals surface area contributed by atoms with Crippen molar-refractivity contribution in [3.63, 3.8) is 0 Å². The SMILES string of the molecule is COC(=O)C1=C(C[N+]23CCC[C@H]2CN(C(=O)c2cnc(O)c(O)c2)CC3)CS[C@@H]2[C@H](NC(=O)/C(=N\OC(C)(C)C(=O)O)c3csc(N)n3)C(=O)N12. The molecule has 18 nitrogen and oxygen atoms in total. The number of methoxy groups -OCH3 is 1. The van der Waals surface area contributed by atoms with Gasteiger partial charge in [0.25, 0.3) is 23.6 Å². The molecule has 3 saturated heterocycles. The van der Waals surface area contributed by atoms with Crippen LogP contribution >= 0.6 is 23.1 Å². The largest absolute Gasteiger partial charge is 0.503 e. The third-order valence-corrected chi connectivity index (χ3v) is 11.6. The van der Waals surface area contributed by atoms with E-state index < -0.39 is 52.4 Å². The lowest BCUT2D eigenvalue weighted by Gasteiger charge is -2.51. The number of thiazole rings is 1. The molecule has 0 bridgehead atoms. The van der Waals surface area contributed by atoms with E-state index >= 15 is 0 Å². The number of nitrogens with two attached hydrogens (primary N) is 1. The molecule has 4 atom stereocenters.